The van der Waals surface area contributed by atoms with E-state index in [4.69, 9.17) is 0 Å². The van der Waals surface area contributed by atoms with Gasteiger partial charge in [-0.3, -0.25) is 19.3 Å². The van der Waals surface area contributed by atoms with Crippen molar-refractivity contribution in [3.63, 3.8) is 0 Å². The van der Waals surface area contributed by atoms with Crippen molar-refractivity contribution in [1.29, 1.82) is 0 Å². The maximum Gasteiger partial charge on any atom is 0.323 e. The summed E-state index contributed by atoms with van der Waals surface area (Å²) in [5.74, 6) is -1.37. The Morgan fingerprint density at radius 3 is 2.12 bits per heavy atom. The lowest BCUT2D eigenvalue weighted by Gasteiger charge is -2.22. The lowest BCUT2D eigenvalue weighted by atomic mass is 10.1. The molecule has 2 aromatic rings. The maximum atomic E-state index is 13.1. The molecule has 0 unspecified atom stereocenters. The van der Waals surface area contributed by atoms with E-state index in [1.54, 1.807) is 36.4 Å². The van der Waals surface area contributed by atoms with Crippen molar-refractivity contribution in [1.82, 2.24) is 0 Å². The SMILES string of the molecule is CC(=O)SC/C(=C/c1ccccc1)C(=O)N(CC(=O)O)c1ccccc1. The number of hydrogen-bond donors (Lipinski definition) is 1. The van der Waals surface area contributed by atoms with E-state index < -0.39 is 18.4 Å². The molecule has 0 saturated heterocycles. The Balaban J connectivity index is 2.39. The molecule has 1 N–H and O–H groups in total. The lowest BCUT2D eigenvalue weighted by molar-refractivity contribution is -0.136. The highest BCUT2D eigenvalue weighted by Gasteiger charge is 2.22. The predicted molar refractivity (Wildman–Crippen MR) is 104 cm³/mol. The van der Waals surface area contributed by atoms with Crippen molar-refractivity contribution in [2.75, 3.05) is 17.2 Å². The van der Waals surface area contributed by atoms with E-state index in [0.717, 1.165) is 17.3 Å². The minimum Gasteiger partial charge on any atom is -0.480 e. The van der Waals surface area contributed by atoms with E-state index >= 15 is 0 Å². The molecule has 0 bridgehead atoms. The van der Waals surface area contributed by atoms with E-state index in [9.17, 15) is 19.5 Å². The average molecular weight is 369 g/mol. The van der Waals surface area contributed by atoms with Crippen LogP contribution in [0.15, 0.2) is 66.2 Å². The molecule has 0 aromatic heterocycles. The number of carbonyl (C=O) groups is 3. The number of thioether (sulfide) groups is 1. The zero-order valence-electron chi connectivity index (χ0n) is 14.3. The Morgan fingerprint density at radius 1 is 1.00 bits per heavy atom. The number of carboxylic acids is 1. The number of hydrogen-bond acceptors (Lipinski definition) is 4. The van der Waals surface area contributed by atoms with Gasteiger partial charge in [-0.1, -0.05) is 60.3 Å². The van der Waals surface area contributed by atoms with Gasteiger partial charge in [0.15, 0.2) is 5.12 Å². The number of amides is 1. The summed E-state index contributed by atoms with van der Waals surface area (Å²) in [5.41, 5.74) is 1.66. The molecular formula is C20H19NO4S. The Morgan fingerprint density at radius 2 is 1.58 bits per heavy atom. The van der Waals surface area contributed by atoms with Crippen LogP contribution in [-0.4, -0.2) is 34.4 Å². The number of anilines is 1. The molecule has 0 atom stereocenters. The van der Waals surface area contributed by atoms with Gasteiger partial charge in [-0.15, -0.1) is 0 Å². The molecule has 1 amide bonds. The van der Waals surface area contributed by atoms with Crippen molar-refractivity contribution in [2.45, 2.75) is 6.92 Å². The largest absolute Gasteiger partial charge is 0.480 e. The van der Waals surface area contributed by atoms with E-state index in [1.807, 2.05) is 30.3 Å². The van der Waals surface area contributed by atoms with Crippen LogP contribution in [0.3, 0.4) is 0 Å². The van der Waals surface area contributed by atoms with Gasteiger partial charge >= 0.3 is 5.97 Å². The highest BCUT2D eigenvalue weighted by molar-refractivity contribution is 8.13. The van der Waals surface area contributed by atoms with Crippen LogP contribution in [0.5, 0.6) is 0 Å². The van der Waals surface area contributed by atoms with Gasteiger partial charge < -0.3 is 5.11 Å². The fourth-order valence-corrected chi connectivity index (χ4v) is 2.86. The second-order valence-corrected chi connectivity index (χ2v) is 6.63. The van der Waals surface area contributed by atoms with Gasteiger partial charge in [0.05, 0.1) is 0 Å². The van der Waals surface area contributed by atoms with E-state index in [2.05, 4.69) is 0 Å². The zero-order valence-corrected chi connectivity index (χ0v) is 15.1. The summed E-state index contributed by atoms with van der Waals surface area (Å²) in [6.45, 7) is 0.973. The molecular weight excluding hydrogens is 350 g/mol. The summed E-state index contributed by atoms with van der Waals surface area (Å²) in [7, 11) is 0. The lowest BCUT2D eigenvalue weighted by Crippen LogP contribution is -2.37. The number of para-hydroxylation sites is 1. The number of benzene rings is 2. The van der Waals surface area contributed by atoms with Gasteiger partial charge in [0.2, 0.25) is 0 Å². The van der Waals surface area contributed by atoms with Crippen molar-refractivity contribution >= 4 is 40.5 Å². The normalized spacial score (nSPS) is 11.0. The molecule has 0 radical (unpaired) electrons. The molecule has 26 heavy (non-hydrogen) atoms. The smallest absolute Gasteiger partial charge is 0.323 e. The third-order valence-electron chi connectivity index (χ3n) is 3.45. The van der Waals surface area contributed by atoms with E-state index in [-0.39, 0.29) is 10.9 Å². The highest BCUT2D eigenvalue weighted by Crippen LogP contribution is 2.20. The third kappa shape index (κ3) is 5.89. The molecule has 0 fully saturated rings. The molecule has 0 aliphatic carbocycles. The summed E-state index contributed by atoms with van der Waals surface area (Å²) in [6, 6.07) is 17.9. The quantitative estimate of drug-likeness (QED) is 0.757. The molecule has 0 spiro atoms. The minimum absolute atomic E-state index is 0.110. The van der Waals surface area contributed by atoms with Crippen LogP contribution >= 0.6 is 11.8 Å². The summed E-state index contributed by atoms with van der Waals surface area (Å²) < 4.78 is 0. The minimum atomic E-state index is -1.11. The highest BCUT2D eigenvalue weighted by atomic mass is 32.2. The van der Waals surface area contributed by atoms with Gasteiger partial charge in [-0.05, 0) is 23.8 Å². The van der Waals surface area contributed by atoms with Gasteiger partial charge in [0.25, 0.3) is 5.91 Å². The molecule has 134 valence electrons. The van der Waals surface area contributed by atoms with Crippen LogP contribution in [0.25, 0.3) is 6.08 Å². The standard InChI is InChI=1S/C20H19NO4S/c1-15(22)26-14-17(12-16-8-4-2-5-9-16)20(25)21(13-19(23)24)18-10-6-3-7-11-18/h2-12H,13-14H2,1H3,(H,23,24)/b17-12-. The van der Waals surface area contributed by atoms with Crippen LogP contribution < -0.4 is 4.90 Å². The molecule has 5 nitrogen and oxygen atoms in total. The topological polar surface area (TPSA) is 74.7 Å². The molecule has 2 rings (SSSR count). The van der Waals surface area contributed by atoms with E-state index in [0.29, 0.717) is 11.3 Å². The van der Waals surface area contributed by atoms with Crippen molar-refractivity contribution in [3.8, 4) is 0 Å². The molecule has 0 aliphatic heterocycles. The first-order valence-corrected chi connectivity index (χ1v) is 8.93. The Kier molecular flexibility index (Phi) is 7.17. The Labute approximate surface area is 156 Å². The first kappa shape index (κ1) is 19.5. The average Bonchev–Trinajstić information content (AvgIpc) is 2.64. The number of rotatable bonds is 7. The summed E-state index contributed by atoms with van der Waals surface area (Å²) >= 11 is 1.02. The fraction of sp³-hybridized carbons (Fsp3) is 0.150. The monoisotopic (exact) mass is 369 g/mol. The summed E-state index contributed by atoms with van der Waals surface area (Å²) in [5, 5.41) is 9.10. The van der Waals surface area contributed by atoms with E-state index in [1.165, 1.54) is 11.8 Å². The zero-order chi connectivity index (χ0) is 18.9. The number of aliphatic carboxylic acids is 1. The molecule has 0 saturated carbocycles. The number of nitrogens with zero attached hydrogens (tertiary/aromatic N) is 1. The van der Waals surface area contributed by atoms with Crippen LogP contribution in [0.1, 0.15) is 12.5 Å². The second-order valence-electron chi connectivity index (χ2n) is 5.48. The molecule has 2 aromatic carbocycles. The fourth-order valence-electron chi connectivity index (χ4n) is 2.29. The predicted octanol–water partition coefficient (Wildman–Crippen LogP) is 3.47. The van der Waals surface area contributed by atoms with Crippen LogP contribution in [-0.2, 0) is 14.4 Å². The maximum absolute atomic E-state index is 13.1. The Bertz CT molecular complexity index is 803. The van der Waals surface area contributed by atoms with Crippen molar-refractivity contribution < 1.29 is 19.5 Å². The van der Waals surface area contributed by atoms with Crippen LogP contribution in [0.4, 0.5) is 5.69 Å². The van der Waals surface area contributed by atoms with Crippen LogP contribution in [0, 0.1) is 0 Å². The van der Waals surface area contributed by atoms with Gasteiger partial charge in [0, 0.05) is 23.9 Å². The Hall–Kier alpha value is -2.86. The van der Waals surface area contributed by atoms with Crippen molar-refractivity contribution in [2.24, 2.45) is 0 Å². The third-order valence-corrected chi connectivity index (χ3v) is 4.31. The molecule has 0 heterocycles. The number of carboxylic acid groups (broad SMARTS) is 1. The van der Waals surface area contributed by atoms with Crippen LogP contribution in [0.2, 0.25) is 0 Å². The summed E-state index contributed by atoms with van der Waals surface area (Å²) in [6.07, 6.45) is 1.69. The molecule has 0 aliphatic rings. The first-order chi connectivity index (χ1) is 12.5. The van der Waals surface area contributed by atoms with Gasteiger partial charge in [-0.2, -0.15) is 0 Å². The second kappa shape index (κ2) is 9.58. The summed E-state index contributed by atoms with van der Waals surface area (Å²) in [4.78, 5) is 36.9. The number of carbonyl (C=O) groups excluding carboxylic acids is 2. The first-order valence-electron chi connectivity index (χ1n) is 7.95. The van der Waals surface area contributed by atoms with Gasteiger partial charge in [0.1, 0.15) is 6.54 Å². The van der Waals surface area contributed by atoms with Crippen molar-refractivity contribution in [3.05, 3.63) is 71.8 Å². The molecule has 6 heteroatoms. The van der Waals surface area contributed by atoms with Gasteiger partial charge in [-0.25, -0.2) is 0 Å².